The highest BCUT2D eigenvalue weighted by molar-refractivity contribution is 6.06. The minimum absolute atomic E-state index is 0.122. The number of amides is 4. The molecule has 0 aliphatic carbocycles. The largest absolute Gasteiger partial charge is 0.444 e. The molecular formula is C35H46N8O5. The second-order valence-corrected chi connectivity index (χ2v) is 13.6. The number of likely N-dealkylation sites (tertiary alicyclic amines) is 2. The van der Waals surface area contributed by atoms with Gasteiger partial charge in [0.25, 0.3) is 11.8 Å². The number of aryl methyl sites for hydroxylation is 2. The molecule has 13 heteroatoms. The van der Waals surface area contributed by atoms with Gasteiger partial charge >= 0.3 is 6.09 Å². The smallest absolute Gasteiger partial charge is 0.410 e. The maximum atomic E-state index is 12.2. The molecule has 4 N–H and O–H groups in total. The summed E-state index contributed by atoms with van der Waals surface area (Å²) in [5, 5.41) is 11.2. The van der Waals surface area contributed by atoms with Crippen LogP contribution in [0.2, 0.25) is 0 Å². The maximum absolute atomic E-state index is 12.2. The lowest BCUT2D eigenvalue weighted by molar-refractivity contribution is -0.130. The number of benzene rings is 2. The van der Waals surface area contributed by atoms with Crippen LogP contribution in [0.3, 0.4) is 0 Å². The molecule has 2 aromatic carbocycles. The highest BCUT2D eigenvalue weighted by Crippen LogP contribution is 2.30. The third-order valence-electron chi connectivity index (χ3n) is 9.20. The van der Waals surface area contributed by atoms with Crippen LogP contribution in [0.4, 0.5) is 4.79 Å². The van der Waals surface area contributed by atoms with Crippen molar-refractivity contribution in [2.24, 2.45) is 11.5 Å². The molecular weight excluding hydrogens is 612 g/mol. The summed E-state index contributed by atoms with van der Waals surface area (Å²) in [5.74, 6) is -0.807. The average molecular weight is 659 g/mol. The number of nitrogens with two attached hydrogens (primary N) is 2. The second-order valence-electron chi connectivity index (χ2n) is 13.6. The number of carbonyl (C=O) groups excluding carboxylic acids is 4. The summed E-state index contributed by atoms with van der Waals surface area (Å²) in [6.07, 6.45) is 3.06. The Labute approximate surface area is 280 Å². The summed E-state index contributed by atoms with van der Waals surface area (Å²) in [5.41, 5.74) is 14.7. The quantitative estimate of drug-likeness (QED) is 0.321. The Kier molecular flexibility index (Phi) is 9.79. The molecule has 0 unspecified atom stereocenters. The van der Waals surface area contributed by atoms with Crippen LogP contribution in [0.1, 0.15) is 97.6 Å². The summed E-state index contributed by atoms with van der Waals surface area (Å²) < 4.78 is 9.42. The number of carbonyl (C=O) groups is 4. The first-order valence-electron chi connectivity index (χ1n) is 16.4. The zero-order chi connectivity index (χ0) is 34.9. The van der Waals surface area contributed by atoms with E-state index >= 15 is 0 Å². The van der Waals surface area contributed by atoms with Gasteiger partial charge in [-0.25, -0.2) is 4.79 Å². The van der Waals surface area contributed by atoms with Crippen LogP contribution >= 0.6 is 0 Å². The fourth-order valence-electron chi connectivity index (χ4n) is 6.65. The number of piperidine rings is 2. The van der Waals surface area contributed by atoms with Crippen molar-refractivity contribution >= 4 is 45.6 Å². The highest BCUT2D eigenvalue weighted by atomic mass is 16.6. The fraction of sp³-hybridized carbons (Fsp3) is 0.486. The Morgan fingerprint density at radius 3 is 1.46 bits per heavy atom. The van der Waals surface area contributed by atoms with Gasteiger partial charge in [-0.1, -0.05) is 24.3 Å². The van der Waals surface area contributed by atoms with Crippen molar-refractivity contribution in [2.75, 3.05) is 26.2 Å². The first-order chi connectivity index (χ1) is 22.7. The van der Waals surface area contributed by atoms with E-state index in [1.54, 1.807) is 24.0 Å². The number of nitrogens with zero attached hydrogens (tertiary/aromatic N) is 6. The molecule has 2 saturated heterocycles. The van der Waals surface area contributed by atoms with Crippen LogP contribution in [0.5, 0.6) is 0 Å². The van der Waals surface area contributed by atoms with Crippen LogP contribution in [-0.4, -0.2) is 85.0 Å². The summed E-state index contributed by atoms with van der Waals surface area (Å²) in [7, 11) is 0. The zero-order valence-electron chi connectivity index (χ0n) is 28.7. The van der Waals surface area contributed by atoms with E-state index in [0.717, 1.165) is 60.9 Å². The monoisotopic (exact) mass is 658 g/mol. The lowest BCUT2D eigenvalue weighted by Gasteiger charge is -2.33. The van der Waals surface area contributed by atoms with E-state index in [1.807, 2.05) is 73.1 Å². The number of aromatic nitrogens is 4. The van der Waals surface area contributed by atoms with Crippen molar-refractivity contribution < 1.29 is 23.9 Å². The van der Waals surface area contributed by atoms with Crippen molar-refractivity contribution in [3.8, 4) is 0 Å². The molecule has 2 aliphatic rings. The highest BCUT2D eigenvalue weighted by Gasteiger charge is 2.29. The minimum Gasteiger partial charge on any atom is -0.444 e. The maximum Gasteiger partial charge on any atom is 0.410 e. The molecule has 4 heterocycles. The molecule has 0 saturated carbocycles. The molecule has 4 amide bonds. The van der Waals surface area contributed by atoms with Gasteiger partial charge in [-0.15, -0.1) is 0 Å². The second kappa shape index (κ2) is 13.7. The van der Waals surface area contributed by atoms with Gasteiger partial charge in [-0.3, -0.25) is 23.7 Å². The Bertz CT molecular complexity index is 1850. The van der Waals surface area contributed by atoms with Crippen molar-refractivity contribution in [3.63, 3.8) is 0 Å². The van der Waals surface area contributed by atoms with Crippen LogP contribution < -0.4 is 11.5 Å². The van der Waals surface area contributed by atoms with Crippen LogP contribution in [-0.2, 0) is 9.53 Å². The molecule has 0 spiro atoms. The SMILES string of the molecule is CC(=O)N1CCC(n2nc3c(C(N)=O)cccc3c2C)CC1.Cc1c2cccc(C(N)=O)c2nn1C1CCN(C(=O)OC(C)(C)C)CC1. The number of primary amides is 2. The minimum atomic E-state index is -0.491. The van der Waals surface area contributed by atoms with Gasteiger partial charge in [0.15, 0.2) is 0 Å². The van der Waals surface area contributed by atoms with Crippen molar-refractivity contribution in [3.05, 3.63) is 58.9 Å². The molecule has 6 rings (SSSR count). The molecule has 48 heavy (non-hydrogen) atoms. The van der Waals surface area contributed by atoms with Gasteiger partial charge in [0.2, 0.25) is 5.91 Å². The number of fused-ring (bicyclic) bond motifs is 2. The Morgan fingerprint density at radius 1 is 0.708 bits per heavy atom. The van der Waals surface area contributed by atoms with E-state index in [9.17, 15) is 19.2 Å². The molecule has 2 aromatic heterocycles. The fourth-order valence-corrected chi connectivity index (χ4v) is 6.65. The van der Waals surface area contributed by atoms with Crippen LogP contribution in [0.25, 0.3) is 21.8 Å². The van der Waals surface area contributed by atoms with Gasteiger partial charge < -0.3 is 26.0 Å². The standard InChI is InChI=1S/C19H26N4O3.C16H20N4O2/c1-12-14-6-5-7-15(17(20)24)16(14)21-23(12)13-8-10-22(11-9-13)18(25)26-19(2,3)4;1-10-13-4-3-5-14(16(17)22)15(13)18-20(10)12-6-8-19(9-7-12)11(2)21/h5-7,13H,8-11H2,1-4H3,(H2,20,24);3-5,12H,6-9H2,1-2H3,(H2,17,22). The predicted molar refractivity (Wildman–Crippen MR) is 183 cm³/mol. The Hall–Kier alpha value is -4.94. The first kappa shape index (κ1) is 34.4. The van der Waals surface area contributed by atoms with E-state index in [2.05, 4.69) is 10.2 Å². The van der Waals surface area contributed by atoms with E-state index < -0.39 is 17.4 Å². The zero-order valence-corrected chi connectivity index (χ0v) is 28.7. The molecule has 0 bridgehead atoms. The molecule has 0 radical (unpaired) electrons. The van der Waals surface area contributed by atoms with Crippen LogP contribution in [0.15, 0.2) is 36.4 Å². The summed E-state index contributed by atoms with van der Waals surface area (Å²) in [4.78, 5) is 50.5. The molecule has 4 aromatic rings. The molecule has 2 fully saturated rings. The van der Waals surface area contributed by atoms with Gasteiger partial charge in [0, 0.05) is 55.3 Å². The Morgan fingerprint density at radius 2 is 1.10 bits per heavy atom. The first-order valence-corrected chi connectivity index (χ1v) is 16.4. The van der Waals surface area contributed by atoms with E-state index in [1.165, 1.54) is 0 Å². The normalized spacial score (nSPS) is 16.1. The van der Waals surface area contributed by atoms with E-state index in [-0.39, 0.29) is 24.1 Å². The van der Waals surface area contributed by atoms with E-state index in [0.29, 0.717) is 35.2 Å². The molecule has 2 aliphatic heterocycles. The number of rotatable bonds is 4. The van der Waals surface area contributed by atoms with E-state index in [4.69, 9.17) is 16.2 Å². The summed E-state index contributed by atoms with van der Waals surface area (Å²) in [6, 6.07) is 11.4. The number of hydrogen-bond donors (Lipinski definition) is 2. The summed E-state index contributed by atoms with van der Waals surface area (Å²) >= 11 is 0. The Balaban J connectivity index is 0.000000190. The predicted octanol–water partition coefficient (Wildman–Crippen LogP) is 4.64. The number of ether oxygens (including phenoxy) is 1. The van der Waals surface area contributed by atoms with Crippen molar-refractivity contribution in [2.45, 2.75) is 84.9 Å². The average Bonchev–Trinajstić information content (AvgIpc) is 3.57. The molecule has 13 nitrogen and oxygen atoms in total. The van der Waals surface area contributed by atoms with Gasteiger partial charge in [0.05, 0.1) is 23.2 Å². The van der Waals surface area contributed by atoms with Gasteiger partial charge in [0.1, 0.15) is 16.6 Å². The topological polar surface area (TPSA) is 172 Å². The number of hydrogen-bond acceptors (Lipinski definition) is 7. The molecule has 0 atom stereocenters. The summed E-state index contributed by atoms with van der Waals surface area (Å²) in [6.45, 7) is 14.0. The molecule has 256 valence electrons. The van der Waals surface area contributed by atoms with Crippen molar-refractivity contribution in [1.82, 2.24) is 29.4 Å². The third kappa shape index (κ3) is 7.14. The van der Waals surface area contributed by atoms with Gasteiger partial charge in [-0.05, 0) is 72.4 Å². The van der Waals surface area contributed by atoms with Gasteiger partial charge in [-0.2, -0.15) is 10.2 Å². The van der Waals surface area contributed by atoms with Crippen LogP contribution in [0, 0.1) is 13.8 Å². The van der Waals surface area contributed by atoms with Crippen molar-refractivity contribution in [1.29, 1.82) is 0 Å². The lowest BCUT2D eigenvalue weighted by atomic mass is 10.0. The third-order valence-corrected chi connectivity index (χ3v) is 9.20. The lowest BCUT2D eigenvalue weighted by Crippen LogP contribution is -2.42.